The van der Waals surface area contributed by atoms with E-state index in [0.717, 1.165) is 37.6 Å². The number of aryl methyl sites for hydroxylation is 2. The molecule has 0 amide bonds. The number of aromatic nitrogens is 2. The van der Waals surface area contributed by atoms with Crippen LogP contribution >= 0.6 is 24.0 Å². The number of ether oxygens (including phenoxy) is 1. The summed E-state index contributed by atoms with van der Waals surface area (Å²) in [6.45, 7) is 3.38. The minimum Gasteiger partial charge on any atom is -0.497 e. The fraction of sp³-hybridized carbons (Fsp3) is 0.471. The summed E-state index contributed by atoms with van der Waals surface area (Å²) in [6.07, 6.45) is 1.66. The van der Waals surface area contributed by atoms with Crippen molar-refractivity contribution in [3.63, 3.8) is 0 Å². The van der Waals surface area contributed by atoms with Crippen molar-refractivity contribution in [2.45, 2.75) is 26.3 Å². The first-order valence-corrected chi connectivity index (χ1v) is 7.96. The fourth-order valence-electron chi connectivity index (χ4n) is 2.35. The molecular formula is C17H26IN5O2. The van der Waals surface area contributed by atoms with E-state index < -0.39 is 0 Å². The van der Waals surface area contributed by atoms with Crippen molar-refractivity contribution >= 4 is 29.9 Å². The monoisotopic (exact) mass is 459 g/mol. The zero-order valence-corrected chi connectivity index (χ0v) is 17.5. The van der Waals surface area contributed by atoms with E-state index in [1.54, 1.807) is 14.2 Å². The summed E-state index contributed by atoms with van der Waals surface area (Å²) in [5, 5.41) is 7.14. The molecule has 0 aliphatic carbocycles. The van der Waals surface area contributed by atoms with E-state index in [4.69, 9.17) is 9.26 Å². The van der Waals surface area contributed by atoms with Gasteiger partial charge in [0.25, 0.3) is 0 Å². The molecule has 0 bridgehead atoms. The second-order valence-electron chi connectivity index (χ2n) is 5.52. The molecule has 2 rings (SSSR count). The number of rotatable bonds is 7. The van der Waals surface area contributed by atoms with Gasteiger partial charge >= 0.3 is 0 Å². The van der Waals surface area contributed by atoms with Crippen molar-refractivity contribution in [2.75, 3.05) is 27.7 Å². The van der Waals surface area contributed by atoms with Gasteiger partial charge in [0, 0.05) is 33.6 Å². The Morgan fingerprint density at radius 3 is 2.60 bits per heavy atom. The van der Waals surface area contributed by atoms with E-state index in [9.17, 15) is 0 Å². The molecule has 1 aromatic carbocycles. The topological polar surface area (TPSA) is 75.8 Å². The van der Waals surface area contributed by atoms with Gasteiger partial charge in [0.05, 0.1) is 7.11 Å². The zero-order chi connectivity index (χ0) is 17.4. The molecule has 0 atom stereocenters. The highest BCUT2D eigenvalue weighted by atomic mass is 127. The number of nitrogens with one attached hydrogen (secondary N) is 1. The Kier molecular flexibility index (Phi) is 9.25. The molecule has 8 heteroatoms. The van der Waals surface area contributed by atoms with Gasteiger partial charge in [-0.2, -0.15) is 4.98 Å². The molecule has 0 spiro atoms. The summed E-state index contributed by atoms with van der Waals surface area (Å²) in [6, 6.07) is 8.04. The van der Waals surface area contributed by atoms with Gasteiger partial charge in [0.15, 0.2) is 11.8 Å². The van der Waals surface area contributed by atoms with Gasteiger partial charge in [-0.25, -0.2) is 0 Å². The highest BCUT2D eigenvalue weighted by Gasteiger charge is 2.07. The van der Waals surface area contributed by atoms with Crippen LogP contribution in [0, 0.1) is 6.92 Å². The molecule has 0 unspecified atom stereocenters. The SMILES string of the molecule is CN=C(NCCCc1nc(C)no1)N(C)Cc1ccc(OC)cc1.I. The normalized spacial score (nSPS) is 11.0. The summed E-state index contributed by atoms with van der Waals surface area (Å²) in [4.78, 5) is 10.6. The third kappa shape index (κ3) is 6.89. The maximum atomic E-state index is 5.18. The van der Waals surface area contributed by atoms with Crippen LogP contribution in [0.5, 0.6) is 5.75 Å². The molecule has 0 saturated heterocycles. The molecule has 0 aliphatic rings. The lowest BCUT2D eigenvalue weighted by Crippen LogP contribution is -2.39. The Balaban J connectivity index is 0.00000312. The smallest absolute Gasteiger partial charge is 0.226 e. The summed E-state index contributed by atoms with van der Waals surface area (Å²) in [5.41, 5.74) is 1.20. The first-order valence-electron chi connectivity index (χ1n) is 7.96. The number of aliphatic imine (C=N–C) groups is 1. The number of hydrogen-bond acceptors (Lipinski definition) is 5. The molecule has 0 aliphatic heterocycles. The minimum absolute atomic E-state index is 0. The van der Waals surface area contributed by atoms with Crippen LogP contribution in [0.15, 0.2) is 33.8 Å². The number of halogens is 1. The third-order valence-corrected chi connectivity index (χ3v) is 3.57. The Bertz CT molecular complexity index is 657. The summed E-state index contributed by atoms with van der Waals surface area (Å²) >= 11 is 0. The van der Waals surface area contributed by atoms with Crippen LogP contribution in [0.1, 0.15) is 23.7 Å². The van der Waals surface area contributed by atoms with Crippen molar-refractivity contribution in [1.29, 1.82) is 0 Å². The van der Waals surface area contributed by atoms with Gasteiger partial charge in [0.2, 0.25) is 5.89 Å². The molecule has 0 radical (unpaired) electrons. The molecule has 25 heavy (non-hydrogen) atoms. The lowest BCUT2D eigenvalue weighted by Gasteiger charge is -2.22. The van der Waals surface area contributed by atoms with E-state index in [2.05, 4.69) is 37.5 Å². The van der Waals surface area contributed by atoms with E-state index in [-0.39, 0.29) is 24.0 Å². The highest BCUT2D eigenvalue weighted by molar-refractivity contribution is 14.0. The Morgan fingerprint density at radius 1 is 1.32 bits per heavy atom. The maximum Gasteiger partial charge on any atom is 0.226 e. The van der Waals surface area contributed by atoms with Crippen LogP contribution in [-0.2, 0) is 13.0 Å². The standard InChI is InChI=1S/C17H25N5O2.HI/c1-13-20-16(24-21-13)6-5-11-19-17(18-2)22(3)12-14-7-9-15(23-4)10-8-14;/h7-10H,5-6,11-12H2,1-4H3,(H,18,19);1H. The Labute approximate surface area is 165 Å². The molecule has 1 N–H and O–H groups in total. The molecule has 7 nitrogen and oxygen atoms in total. The van der Waals surface area contributed by atoms with E-state index in [0.29, 0.717) is 11.7 Å². The van der Waals surface area contributed by atoms with E-state index in [1.165, 1.54) is 5.56 Å². The average molecular weight is 459 g/mol. The van der Waals surface area contributed by atoms with Crippen LogP contribution in [0.3, 0.4) is 0 Å². The fourth-order valence-corrected chi connectivity index (χ4v) is 2.35. The number of guanidine groups is 1. The lowest BCUT2D eigenvalue weighted by molar-refractivity contribution is 0.371. The van der Waals surface area contributed by atoms with Gasteiger partial charge < -0.3 is 19.5 Å². The quantitative estimate of drug-likeness (QED) is 0.297. The second-order valence-corrected chi connectivity index (χ2v) is 5.52. The largest absolute Gasteiger partial charge is 0.497 e. The van der Waals surface area contributed by atoms with Crippen LogP contribution in [-0.4, -0.2) is 48.8 Å². The average Bonchev–Trinajstić information content (AvgIpc) is 3.01. The van der Waals surface area contributed by atoms with Gasteiger partial charge in [-0.05, 0) is 31.0 Å². The summed E-state index contributed by atoms with van der Waals surface area (Å²) < 4.78 is 10.3. The third-order valence-electron chi connectivity index (χ3n) is 3.57. The predicted octanol–water partition coefficient (Wildman–Crippen LogP) is 2.64. The predicted molar refractivity (Wildman–Crippen MR) is 109 cm³/mol. The van der Waals surface area contributed by atoms with Gasteiger partial charge in [-0.1, -0.05) is 17.3 Å². The lowest BCUT2D eigenvalue weighted by atomic mass is 10.2. The zero-order valence-electron chi connectivity index (χ0n) is 15.2. The molecular weight excluding hydrogens is 433 g/mol. The van der Waals surface area contributed by atoms with Crippen molar-refractivity contribution in [3.8, 4) is 5.75 Å². The number of methoxy groups -OCH3 is 1. The molecule has 1 aromatic heterocycles. The number of nitrogens with zero attached hydrogens (tertiary/aromatic N) is 4. The van der Waals surface area contributed by atoms with E-state index >= 15 is 0 Å². The molecule has 1 heterocycles. The Morgan fingerprint density at radius 2 is 2.04 bits per heavy atom. The molecule has 0 saturated carbocycles. The number of hydrogen-bond donors (Lipinski definition) is 1. The second kappa shape index (κ2) is 10.9. The van der Waals surface area contributed by atoms with Crippen LogP contribution in [0.25, 0.3) is 0 Å². The van der Waals surface area contributed by atoms with Gasteiger partial charge in [-0.3, -0.25) is 4.99 Å². The van der Waals surface area contributed by atoms with E-state index in [1.807, 2.05) is 26.1 Å². The van der Waals surface area contributed by atoms with Gasteiger partial charge in [-0.15, -0.1) is 24.0 Å². The minimum atomic E-state index is 0. The first kappa shape index (κ1) is 21.2. The molecule has 0 fully saturated rings. The van der Waals surface area contributed by atoms with Crippen LogP contribution in [0.4, 0.5) is 0 Å². The van der Waals surface area contributed by atoms with Gasteiger partial charge in [0.1, 0.15) is 5.75 Å². The molecule has 2 aromatic rings. The van der Waals surface area contributed by atoms with Crippen molar-refractivity contribution < 1.29 is 9.26 Å². The first-order chi connectivity index (χ1) is 11.6. The Hall–Kier alpha value is -1.84. The number of benzene rings is 1. The van der Waals surface area contributed by atoms with Crippen LogP contribution < -0.4 is 10.1 Å². The van der Waals surface area contributed by atoms with Crippen LogP contribution in [0.2, 0.25) is 0 Å². The highest BCUT2D eigenvalue weighted by Crippen LogP contribution is 2.12. The molecule has 138 valence electrons. The maximum absolute atomic E-state index is 5.18. The van der Waals surface area contributed by atoms with Crippen molar-refractivity contribution in [2.24, 2.45) is 4.99 Å². The van der Waals surface area contributed by atoms with Crippen molar-refractivity contribution in [3.05, 3.63) is 41.5 Å². The summed E-state index contributed by atoms with van der Waals surface area (Å²) in [7, 11) is 5.47. The van der Waals surface area contributed by atoms with Crippen molar-refractivity contribution in [1.82, 2.24) is 20.4 Å². The summed E-state index contributed by atoms with van der Waals surface area (Å²) in [5.74, 6) is 3.07.